The first-order chi connectivity index (χ1) is 17.8. The molecular formula is C30H31ClN4OS. The number of halogens is 1. The molecule has 0 radical (unpaired) electrons. The molecule has 0 aliphatic carbocycles. The van der Waals surface area contributed by atoms with Gasteiger partial charge in [0.05, 0.1) is 30.6 Å². The highest BCUT2D eigenvalue weighted by Crippen LogP contribution is 2.44. The fraction of sp³-hybridized carbons (Fsp3) is 0.267. The number of benzene rings is 2. The van der Waals surface area contributed by atoms with Crippen LogP contribution in [-0.4, -0.2) is 21.8 Å². The monoisotopic (exact) mass is 530 g/mol. The molecule has 1 aliphatic rings. The van der Waals surface area contributed by atoms with Crippen LogP contribution in [-0.2, 0) is 0 Å². The van der Waals surface area contributed by atoms with Crippen molar-refractivity contribution in [1.82, 2.24) is 14.9 Å². The number of nitrogens with zero attached hydrogens (tertiary/aromatic N) is 3. The molecule has 0 bridgehead atoms. The molecular weight excluding hydrogens is 500 g/mol. The van der Waals surface area contributed by atoms with Crippen molar-refractivity contribution in [2.24, 2.45) is 0 Å². The molecule has 5 nitrogen and oxygen atoms in total. The third-order valence-corrected chi connectivity index (χ3v) is 7.66. The molecule has 2 aromatic heterocycles. The maximum Gasteiger partial charge on any atom is 0.174 e. The van der Waals surface area contributed by atoms with Gasteiger partial charge in [-0.1, -0.05) is 43.6 Å². The van der Waals surface area contributed by atoms with Crippen molar-refractivity contribution in [2.75, 3.05) is 12.0 Å². The molecule has 2 aromatic carbocycles. The van der Waals surface area contributed by atoms with E-state index in [1.807, 2.05) is 36.5 Å². The van der Waals surface area contributed by atoms with Gasteiger partial charge in [0.1, 0.15) is 5.75 Å². The quantitative estimate of drug-likeness (QED) is 0.262. The van der Waals surface area contributed by atoms with E-state index in [-0.39, 0.29) is 12.1 Å². The highest BCUT2D eigenvalue weighted by atomic mass is 35.5. The van der Waals surface area contributed by atoms with Crippen LogP contribution in [0.2, 0.25) is 5.02 Å². The van der Waals surface area contributed by atoms with Crippen LogP contribution in [0.5, 0.6) is 5.75 Å². The predicted molar refractivity (Wildman–Crippen MR) is 155 cm³/mol. The van der Waals surface area contributed by atoms with Crippen molar-refractivity contribution in [3.05, 3.63) is 106 Å². The molecule has 0 saturated carbocycles. The van der Waals surface area contributed by atoms with Gasteiger partial charge in [-0.2, -0.15) is 0 Å². The van der Waals surface area contributed by atoms with E-state index in [4.69, 9.17) is 33.5 Å². The lowest BCUT2D eigenvalue weighted by Crippen LogP contribution is -2.29. The zero-order chi connectivity index (χ0) is 26.3. The Hall–Kier alpha value is -3.35. The average molecular weight is 531 g/mol. The fourth-order valence-electron chi connectivity index (χ4n) is 5.26. The number of rotatable bonds is 6. The van der Waals surface area contributed by atoms with Gasteiger partial charge in [-0.15, -0.1) is 0 Å². The number of hydrogen-bond donors (Lipinski definition) is 1. The molecule has 190 valence electrons. The van der Waals surface area contributed by atoms with Gasteiger partial charge in [-0.05, 0) is 91.6 Å². The Bertz CT molecular complexity index is 1430. The van der Waals surface area contributed by atoms with Crippen LogP contribution < -0.4 is 15.0 Å². The summed E-state index contributed by atoms with van der Waals surface area (Å²) in [5.74, 6) is 1.22. The van der Waals surface area contributed by atoms with Crippen molar-refractivity contribution >= 4 is 34.6 Å². The summed E-state index contributed by atoms with van der Waals surface area (Å²) in [6, 6.07) is 22.4. The SMILES string of the molecule is COc1ccc(Cl)cc1-n1c(C)cc(C2C(c3ccccn3)NC(=S)N2c2ccc(C(C)C)cc2)c1C. The minimum atomic E-state index is -0.117. The topological polar surface area (TPSA) is 42.3 Å². The number of aryl methyl sites for hydroxylation is 1. The van der Waals surface area contributed by atoms with Crippen molar-refractivity contribution in [1.29, 1.82) is 0 Å². The van der Waals surface area contributed by atoms with Crippen LogP contribution in [0, 0.1) is 13.8 Å². The third-order valence-electron chi connectivity index (χ3n) is 7.11. The van der Waals surface area contributed by atoms with Gasteiger partial charge in [0.25, 0.3) is 0 Å². The number of ether oxygens (including phenoxy) is 1. The number of methoxy groups -OCH3 is 1. The van der Waals surface area contributed by atoms with E-state index in [9.17, 15) is 0 Å². The van der Waals surface area contributed by atoms with E-state index in [2.05, 4.69) is 78.9 Å². The standard InChI is InChI=1S/C30H31ClN4OS/c1-18(2)21-9-12-23(13-10-21)35-29(28(33-30(35)37)25-8-6-7-15-32-25)24-16-19(3)34(20(24)4)26-17-22(31)11-14-27(26)36-5/h6-18,28-29H,1-5H3,(H,33,37). The van der Waals surface area contributed by atoms with Gasteiger partial charge >= 0.3 is 0 Å². The van der Waals surface area contributed by atoms with Crippen LogP contribution in [0.4, 0.5) is 5.69 Å². The lowest BCUT2D eigenvalue weighted by molar-refractivity contribution is 0.412. The minimum Gasteiger partial charge on any atom is -0.495 e. The summed E-state index contributed by atoms with van der Waals surface area (Å²) in [7, 11) is 1.68. The second-order valence-corrected chi connectivity index (χ2v) is 10.5. The summed E-state index contributed by atoms with van der Waals surface area (Å²) in [5, 5.41) is 4.91. The number of hydrogen-bond acceptors (Lipinski definition) is 3. The predicted octanol–water partition coefficient (Wildman–Crippen LogP) is 7.45. The summed E-state index contributed by atoms with van der Waals surface area (Å²) in [6.45, 7) is 8.65. The van der Waals surface area contributed by atoms with Crippen molar-refractivity contribution in [2.45, 2.75) is 45.7 Å². The van der Waals surface area contributed by atoms with Crippen LogP contribution >= 0.6 is 23.8 Å². The second-order valence-electron chi connectivity index (χ2n) is 9.72. The van der Waals surface area contributed by atoms with Gasteiger partial charge in [0.15, 0.2) is 5.11 Å². The molecule has 1 saturated heterocycles. The summed E-state index contributed by atoms with van der Waals surface area (Å²) in [6.07, 6.45) is 1.83. The zero-order valence-corrected chi connectivity index (χ0v) is 23.3. The summed E-state index contributed by atoms with van der Waals surface area (Å²) in [4.78, 5) is 6.92. The molecule has 7 heteroatoms. The largest absolute Gasteiger partial charge is 0.495 e. The highest BCUT2D eigenvalue weighted by molar-refractivity contribution is 7.80. The lowest BCUT2D eigenvalue weighted by Gasteiger charge is -2.28. The molecule has 1 fully saturated rings. The summed E-state index contributed by atoms with van der Waals surface area (Å²) < 4.78 is 7.90. The van der Waals surface area contributed by atoms with E-state index < -0.39 is 0 Å². The minimum absolute atomic E-state index is 0.0996. The van der Waals surface area contributed by atoms with Gasteiger partial charge in [-0.3, -0.25) is 4.98 Å². The Morgan fingerprint density at radius 1 is 1.03 bits per heavy atom. The zero-order valence-electron chi connectivity index (χ0n) is 21.7. The number of pyridine rings is 1. The molecule has 2 atom stereocenters. The first-order valence-electron chi connectivity index (χ1n) is 12.4. The first kappa shape index (κ1) is 25.3. The van der Waals surface area contributed by atoms with E-state index in [1.165, 1.54) is 5.56 Å². The maximum atomic E-state index is 6.41. The molecule has 4 aromatic rings. The highest BCUT2D eigenvalue weighted by Gasteiger charge is 2.42. The average Bonchev–Trinajstić information content (AvgIpc) is 3.39. The molecule has 1 N–H and O–H groups in total. The van der Waals surface area contributed by atoms with E-state index in [1.54, 1.807) is 7.11 Å². The Morgan fingerprint density at radius 3 is 2.43 bits per heavy atom. The summed E-state index contributed by atoms with van der Waals surface area (Å²) in [5.41, 5.74) is 7.55. The van der Waals surface area contributed by atoms with Crippen molar-refractivity contribution in [3.63, 3.8) is 0 Å². The Morgan fingerprint density at radius 2 is 1.78 bits per heavy atom. The third kappa shape index (κ3) is 4.60. The van der Waals surface area contributed by atoms with E-state index in [0.29, 0.717) is 16.1 Å². The molecule has 1 aliphatic heterocycles. The van der Waals surface area contributed by atoms with Gasteiger partial charge < -0.3 is 19.5 Å². The van der Waals surface area contributed by atoms with Gasteiger partial charge in [0.2, 0.25) is 0 Å². The Kier molecular flexibility index (Phi) is 6.97. The van der Waals surface area contributed by atoms with Crippen molar-refractivity contribution < 1.29 is 4.74 Å². The van der Waals surface area contributed by atoms with Crippen LogP contribution in [0.25, 0.3) is 5.69 Å². The van der Waals surface area contributed by atoms with Crippen LogP contribution in [0.1, 0.15) is 60.1 Å². The Labute approximate surface area is 229 Å². The van der Waals surface area contributed by atoms with Gasteiger partial charge in [-0.25, -0.2) is 0 Å². The number of nitrogens with one attached hydrogen (secondary N) is 1. The van der Waals surface area contributed by atoms with Crippen LogP contribution in [0.3, 0.4) is 0 Å². The number of thiocarbonyl (C=S) groups is 1. The number of anilines is 1. The van der Waals surface area contributed by atoms with Crippen molar-refractivity contribution in [3.8, 4) is 11.4 Å². The normalized spacial score (nSPS) is 17.4. The number of aromatic nitrogens is 2. The second kappa shape index (κ2) is 10.2. The molecule has 37 heavy (non-hydrogen) atoms. The Balaban J connectivity index is 1.68. The first-order valence-corrected chi connectivity index (χ1v) is 13.2. The van der Waals surface area contributed by atoms with E-state index in [0.717, 1.165) is 39.8 Å². The molecule has 0 spiro atoms. The van der Waals surface area contributed by atoms with Crippen LogP contribution in [0.15, 0.2) is 72.9 Å². The maximum absolute atomic E-state index is 6.41. The van der Waals surface area contributed by atoms with Gasteiger partial charge in [0, 0.05) is 28.3 Å². The summed E-state index contributed by atoms with van der Waals surface area (Å²) >= 11 is 12.3. The van der Waals surface area contributed by atoms with E-state index >= 15 is 0 Å². The fourth-order valence-corrected chi connectivity index (χ4v) is 5.78. The molecule has 0 amide bonds. The lowest BCUT2D eigenvalue weighted by atomic mass is 9.96. The molecule has 2 unspecified atom stereocenters. The molecule has 3 heterocycles. The molecule has 5 rings (SSSR count). The smallest absolute Gasteiger partial charge is 0.174 e.